The third-order valence-electron chi connectivity index (χ3n) is 0.158. The van der Waals surface area contributed by atoms with Crippen LogP contribution in [0.1, 0.15) is 6.92 Å². The Labute approximate surface area is 42.2 Å². The number of hydrogen-bond acceptors (Lipinski definition) is 2. The maximum absolute atomic E-state index is 7.61. The van der Waals surface area contributed by atoms with Gasteiger partial charge in [-0.15, -0.1) is 12.4 Å². The van der Waals surface area contributed by atoms with E-state index in [1.54, 1.807) is 0 Å². The zero-order valence-corrected chi connectivity index (χ0v) is 4.20. The van der Waals surface area contributed by atoms with Crippen molar-refractivity contribution in [2.24, 2.45) is 10.9 Å². The molecule has 0 aliphatic carbocycles. The Morgan fingerprint density at radius 3 is 2.00 bits per heavy atom. The smallest absolute Gasteiger partial charge is 0.135 e. The van der Waals surface area contributed by atoms with E-state index in [0.29, 0.717) is 0 Å². The number of rotatable bonds is 0. The largest absolute Gasteiger partial charge is 0.409 e. The molecule has 3 nitrogen and oxygen atoms in total. The van der Waals surface area contributed by atoms with Gasteiger partial charge in [-0.3, -0.25) is 0 Å². The van der Waals surface area contributed by atoms with Crippen molar-refractivity contribution < 1.29 is 5.21 Å². The van der Waals surface area contributed by atoms with Crippen molar-refractivity contribution in [3.63, 3.8) is 0 Å². The number of halogens is 1. The molecule has 0 saturated carbocycles. The maximum atomic E-state index is 7.61. The van der Waals surface area contributed by atoms with Crippen molar-refractivity contribution in [3.8, 4) is 0 Å². The van der Waals surface area contributed by atoms with Gasteiger partial charge in [-0.25, -0.2) is 0 Å². The first-order valence-corrected chi connectivity index (χ1v) is 1.21. The summed E-state index contributed by atoms with van der Waals surface area (Å²) in [6.45, 7) is 1.50. The van der Waals surface area contributed by atoms with Crippen LogP contribution in [-0.4, -0.2) is 11.0 Å². The maximum Gasteiger partial charge on any atom is 0.135 e. The second-order valence-corrected chi connectivity index (χ2v) is 0.741. The van der Waals surface area contributed by atoms with E-state index < -0.39 is 0 Å². The van der Waals surface area contributed by atoms with Gasteiger partial charge in [0, 0.05) is 0 Å². The molecule has 0 fully saturated rings. The van der Waals surface area contributed by atoms with Crippen LogP contribution in [0, 0.1) is 0 Å². The second-order valence-electron chi connectivity index (χ2n) is 0.741. The topological polar surface area (TPSA) is 58.6 Å². The SMILES string of the molecule is C/C(N)=N/O.Cl. The van der Waals surface area contributed by atoms with Crippen LogP contribution in [0.2, 0.25) is 0 Å². The Bertz CT molecular complexity index is 49.5. The highest BCUT2D eigenvalue weighted by Crippen LogP contribution is 1.51. The molecule has 0 spiro atoms. The highest BCUT2D eigenvalue weighted by atomic mass is 35.5. The molecule has 0 heterocycles. The zero-order valence-electron chi connectivity index (χ0n) is 3.38. The van der Waals surface area contributed by atoms with Crippen LogP contribution in [0.25, 0.3) is 0 Å². The molecule has 0 aromatic heterocycles. The Balaban J connectivity index is 0. The van der Waals surface area contributed by atoms with E-state index in [2.05, 4.69) is 5.16 Å². The summed E-state index contributed by atoms with van der Waals surface area (Å²) in [5.41, 5.74) is 4.79. The number of nitrogens with two attached hydrogens (primary N) is 1. The molecule has 0 aliphatic rings. The standard InChI is InChI=1S/C2H6N2O.ClH/c1-2(3)4-5;/h5H,1H3,(H2,3,4);1H. The Hall–Kier alpha value is -0.440. The lowest BCUT2D eigenvalue weighted by Crippen LogP contribution is -2.03. The van der Waals surface area contributed by atoms with Crippen LogP contribution in [0.5, 0.6) is 0 Å². The summed E-state index contributed by atoms with van der Waals surface area (Å²) in [6, 6.07) is 0. The summed E-state index contributed by atoms with van der Waals surface area (Å²) in [4.78, 5) is 0. The average molecular weight is 111 g/mol. The van der Waals surface area contributed by atoms with Gasteiger partial charge in [0.15, 0.2) is 0 Å². The van der Waals surface area contributed by atoms with E-state index in [4.69, 9.17) is 10.9 Å². The lowest BCUT2D eigenvalue weighted by Gasteiger charge is -1.73. The minimum atomic E-state index is 0. The third kappa shape index (κ3) is 9.59. The molecule has 3 N–H and O–H groups in total. The van der Waals surface area contributed by atoms with Crippen molar-refractivity contribution in [1.29, 1.82) is 0 Å². The summed E-state index contributed by atoms with van der Waals surface area (Å²) in [7, 11) is 0. The van der Waals surface area contributed by atoms with E-state index >= 15 is 0 Å². The molecule has 0 bridgehead atoms. The second kappa shape index (κ2) is 4.56. The quantitative estimate of drug-likeness (QED) is 0.202. The third-order valence-corrected chi connectivity index (χ3v) is 0.158. The molecule has 6 heavy (non-hydrogen) atoms. The first kappa shape index (κ1) is 9.12. The summed E-state index contributed by atoms with van der Waals surface area (Å²) in [6.07, 6.45) is 0. The van der Waals surface area contributed by atoms with E-state index in [0.717, 1.165) is 0 Å². The molecule has 0 aliphatic heterocycles. The molecular weight excluding hydrogens is 103 g/mol. The Morgan fingerprint density at radius 1 is 1.83 bits per heavy atom. The molecule has 0 amide bonds. The van der Waals surface area contributed by atoms with Crippen LogP contribution in [0.15, 0.2) is 5.16 Å². The highest BCUT2D eigenvalue weighted by Gasteiger charge is 1.64. The first-order chi connectivity index (χ1) is 2.27. The molecular formula is C2H7ClN2O. The van der Waals surface area contributed by atoms with Crippen molar-refractivity contribution in [2.45, 2.75) is 6.92 Å². The average Bonchev–Trinajstić information content (AvgIpc) is 1.38. The van der Waals surface area contributed by atoms with Crippen LogP contribution < -0.4 is 5.73 Å². The van der Waals surface area contributed by atoms with E-state index in [9.17, 15) is 0 Å². The van der Waals surface area contributed by atoms with Crippen molar-refractivity contribution >= 4 is 18.2 Å². The molecule has 0 rings (SSSR count). The van der Waals surface area contributed by atoms with Crippen LogP contribution >= 0.6 is 12.4 Å². The number of nitrogens with zero attached hydrogens (tertiary/aromatic N) is 1. The number of amidine groups is 1. The van der Waals surface area contributed by atoms with E-state index in [-0.39, 0.29) is 18.2 Å². The monoisotopic (exact) mass is 110 g/mol. The molecule has 0 aromatic carbocycles. The summed E-state index contributed by atoms with van der Waals surface area (Å²) >= 11 is 0. The van der Waals surface area contributed by atoms with Crippen molar-refractivity contribution in [3.05, 3.63) is 0 Å². The van der Waals surface area contributed by atoms with E-state index in [1.807, 2.05) is 0 Å². The molecule has 0 aromatic rings. The van der Waals surface area contributed by atoms with E-state index in [1.165, 1.54) is 6.92 Å². The highest BCUT2D eigenvalue weighted by molar-refractivity contribution is 5.85. The molecule has 0 saturated heterocycles. The molecule has 4 heteroatoms. The summed E-state index contributed by atoms with van der Waals surface area (Å²) < 4.78 is 0. The van der Waals surface area contributed by atoms with Crippen molar-refractivity contribution in [2.75, 3.05) is 0 Å². The van der Waals surface area contributed by atoms with Crippen LogP contribution in [0.4, 0.5) is 0 Å². The van der Waals surface area contributed by atoms with Gasteiger partial charge in [0.1, 0.15) is 5.84 Å². The van der Waals surface area contributed by atoms with Gasteiger partial charge in [-0.05, 0) is 6.92 Å². The lowest BCUT2D eigenvalue weighted by molar-refractivity contribution is 0.318. The van der Waals surface area contributed by atoms with Gasteiger partial charge >= 0.3 is 0 Å². The number of oxime groups is 1. The van der Waals surface area contributed by atoms with Gasteiger partial charge in [0.25, 0.3) is 0 Å². The van der Waals surface area contributed by atoms with Gasteiger partial charge in [-0.1, -0.05) is 5.16 Å². The zero-order chi connectivity index (χ0) is 4.28. The minimum Gasteiger partial charge on any atom is -0.409 e. The van der Waals surface area contributed by atoms with Gasteiger partial charge < -0.3 is 10.9 Å². The predicted molar refractivity (Wildman–Crippen MR) is 26.3 cm³/mol. The fourth-order valence-corrected chi connectivity index (χ4v) is 0. The molecule has 0 unspecified atom stereocenters. The summed E-state index contributed by atoms with van der Waals surface area (Å²) in [5, 5.41) is 10.2. The normalized spacial score (nSPS) is 9.83. The van der Waals surface area contributed by atoms with Crippen LogP contribution in [-0.2, 0) is 0 Å². The predicted octanol–water partition coefficient (Wildman–Crippen LogP) is 0.174. The molecule has 0 atom stereocenters. The van der Waals surface area contributed by atoms with Gasteiger partial charge in [0.2, 0.25) is 0 Å². The minimum absolute atomic E-state index is 0. The van der Waals surface area contributed by atoms with Crippen molar-refractivity contribution in [1.82, 2.24) is 0 Å². The molecule has 38 valence electrons. The fraction of sp³-hybridized carbons (Fsp3) is 0.500. The summed E-state index contributed by atoms with van der Waals surface area (Å²) in [5.74, 6) is 0.185. The Morgan fingerprint density at radius 2 is 2.00 bits per heavy atom. The van der Waals surface area contributed by atoms with Gasteiger partial charge in [-0.2, -0.15) is 0 Å². The fourth-order valence-electron chi connectivity index (χ4n) is 0. The first-order valence-electron chi connectivity index (χ1n) is 1.21. The Kier molecular flexibility index (Phi) is 6.93. The molecule has 0 radical (unpaired) electrons. The van der Waals surface area contributed by atoms with Gasteiger partial charge in [0.05, 0.1) is 0 Å². The number of hydrogen-bond donors (Lipinski definition) is 2. The van der Waals surface area contributed by atoms with Crippen LogP contribution in [0.3, 0.4) is 0 Å². The lowest BCUT2D eigenvalue weighted by atomic mass is 10.7.